The number of nitrogens with one attached hydrogen (secondary N) is 1. The quantitative estimate of drug-likeness (QED) is 0.830. The highest BCUT2D eigenvalue weighted by Gasteiger charge is 2.49. The number of hydrogen-bond donors (Lipinski definition) is 1. The van der Waals surface area contributed by atoms with E-state index < -0.39 is 20.9 Å². The van der Waals surface area contributed by atoms with Gasteiger partial charge in [0.1, 0.15) is 0 Å². The lowest BCUT2D eigenvalue weighted by atomic mass is 9.89. The molecule has 20 heavy (non-hydrogen) atoms. The molecule has 1 aliphatic carbocycles. The lowest BCUT2D eigenvalue weighted by molar-refractivity contribution is -0.178. The van der Waals surface area contributed by atoms with Gasteiger partial charge in [0, 0.05) is 18.9 Å². The molecule has 2 aliphatic rings. The Kier molecular flexibility index (Phi) is 5.10. The topological polar surface area (TPSA) is 64.6 Å². The summed E-state index contributed by atoms with van der Waals surface area (Å²) in [5.74, 6) is -0.276. The molecular formula is C14H27NO4S. The predicted molar refractivity (Wildman–Crippen MR) is 78.4 cm³/mol. The van der Waals surface area contributed by atoms with E-state index in [0.717, 1.165) is 19.4 Å². The van der Waals surface area contributed by atoms with Crippen LogP contribution in [0.2, 0.25) is 0 Å². The molecule has 2 fully saturated rings. The first-order chi connectivity index (χ1) is 9.38. The van der Waals surface area contributed by atoms with Crippen molar-refractivity contribution < 1.29 is 17.9 Å². The average molecular weight is 305 g/mol. The smallest absolute Gasteiger partial charge is 0.169 e. The van der Waals surface area contributed by atoms with Crippen molar-refractivity contribution in [3.8, 4) is 0 Å². The molecule has 2 atom stereocenters. The molecule has 0 bridgehead atoms. The summed E-state index contributed by atoms with van der Waals surface area (Å²) >= 11 is 0. The summed E-state index contributed by atoms with van der Waals surface area (Å²) in [7, 11) is -3.14. The van der Waals surface area contributed by atoms with Gasteiger partial charge in [0.2, 0.25) is 0 Å². The predicted octanol–water partition coefficient (Wildman–Crippen LogP) is 1.33. The van der Waals surface area contributed by atoms with Crippen LogP contribution in [0.3, 0.4) is 0 Å². The second kappa shape index (κ2) is 6.30. The molecule has 118 valence electrons. The zero-order valence-electron chi connectivity index (χ0n) is 12.7. The van der Waals surface area contributed by atoms with Gasteiger partial charge in [-0.05, 0) is 18.9 Å². The van der Waals surface area contributed by atoms with Crippen LogP contribution in [0.4, 0.5) is 0 Å². The molecule has 1 spiro atoms. The summed E-state index contributed by atoms with van der Waals surface area (Å²) < 4.78 is 36.8. The molecule has 6 heteroatoms. The molecule has 1 saturated carbocycles. The molecule has 1 aliphatic heterocycles. The number of ether oxygens (including phenoxy) is 2. The van der Waals surface area contributed by atoms with Gasteiger partial charge in [0.15, 0.2) is 15.6 Å². The van der Waals surface area contributed by atoms with Crippen LogP contribution in [-0.4, -0.2) is 51.0 Å². The molecule has 1 N–H and O–H groups in total. The molecule has 0 amide bonds. The SMILES string of the molecule is CCNC1CCC2(CC1S(=O)(=O)CC(C)C)OCCO2. The molecule has 0 aromatic heterocycles. The molecule has 1 saturated heterocycles. The minimum absolute atomic E-state index is 0.0159. The van der Waals surface area contributed by atoms with Gasteiger partial charge < -0.3 is 14.8 Å². The number of rotatable bonds is 5. The number of hydrogen-bond acceptors (Lipinski definition) is 5. The van der Waals surface area contributed by atoms with Crippen molar-refractivity contribution in [1.82, 2.24) is 5.32 Å². The highest BCUT2D eigenvalue weighted by molar-refractivity contribution is 7.92. The first-order valence-corrected chi connectivity index (χ1v) is 9.33. The van der Waals surface area contributed by atoms with Crippen LogP contribution in [-0.2, 0) is 19.3 Å². The normalized spacial score (nSPS) is 30.2. The van der Waals surface area contributed by atoms with Crippen LogP contribution >= 0.6 is 0 Å². The summed E-state index contributed by atoms with van der Waals surface area (Å²) in [4.78, 5) is 0. The standard InChI is InChI=1S/C14H27NO4S/c1-4-15-12-5-6-14(18-7-8-19-14)9-13(12)20(16,17)10-11(2)3/h11-13,15H,4-10H2,1-3H3. The minimum atomic E-state index is -3.14. The van der Waals surface area contributed by atoms with Crippen LogP contribution in [0.25, 0.3) is 0 Å². The maximum Gasteiger partial charge on any atom is 0.169 e. The zero-order chi connectivity index (χ0) is 14.8. The van der Waals surface area contributed by atoms with Crippen molar-refractivity contribution in [2.75, 3.05) is 25.5 Å². The minimum Gasteiger partial charge on any atom is -0.347 e. The molecule has 2 rings (SSSR count). The van der Waals surface area contributed by atoms with Gasteiger partial charge in [-0.2, -0.15) is 0 Å². The van der Waals surface area contributed by atoms with E-state index in [9.17, 15) is 8.42 Å². The molecule has 0 aromatic carbocycles. The van der Waals surface area contributed by atoms with Gasteiger partial charge in [0.05, 0.1) is 24.2 Å². The van der Waals surface area contributed by atoms with E-state index in [1.165, 1.54) is 0 Å². The summed E-state index contributed by atoms with van der Waals surface area (Å²) in [6, 6.07) is 0.0159. The lowest BCUT2D eigenvalue weighted by Gasteiger charge is -2.41. The Balaban J connectivity index is 2.18. The van der Waals surface area contributed by atoms with Gasteiger partial charge in [-0.15, -0.1) is 0 Å². The highest BCUT2D eigenvalue weighted by atomic mass is 32.2. The number of sulfone groups is 1. The first-order valence-electron chi connectivity index (χ1n) is 7.61. The van der Waals surface area contributed by atoms with E-state index in [4.69, 9.17) is 9.47 Å². The van der Waals surface area contributed by atoms with Crippen molar-refractivity contribution in [1.29, 1.82) is 0 Å². The highest BCUT2D eigenvalue weighted by Crippen LogP contribution is 2.39. The Morgan fingerprint density at radius 3 is 2.50 bits per heavy atom. The van der Waals surface area contributed by atoms with Crippen molar-refractivity contribution >= 4 is 9.84 Å². The third-order valence-electron chi connectivity index (χ3n) is 4.10. The fourth-order valence-corrected chi connectivity index (χ4v) is 5.75. The molecule has 0 aromatic rings. The van der Waals surface area contributed by atoms with Crippen molar-refractivity contribution in [2.24, 2.45) is 5.92 Å². The fourth-order valence-electron chi connectivity index (χ4n) is 3.33. The van der Waals surface area contributed by atoms with Gasteiger partial charge in [-0.1, -0.05) is 20.8 Å². The summed E-state index contributed by atoms with van der Waals surface area (Å²) in [5.41, 5.74) is 0. The van der Waals surface area contributed by atoms with E-state index in [0.29, 0.717) is 19.6 Å². The van der Waals surface area contributed by atoms with Gasteiger partial charge in [0.25, 0.3) is 0 Å². The fraction of sp³-hybridized carbons (Fsp3) is 1.00. The Hall–Kier alpha value is -0.170. The van der Waals surface area contributed by atoms with Crippen molar-refractivity contribution in [3.63, 3.8) is 0 Å². The average Bonchev–Trinajstić information content (AvgIpc) is 2.79. The summed E-state index contributed by atoms with van der Waals surface area (Å²) in [6.45, 7) is 7.83. The molecule has 0 radical (unpaired) electrons. The third kappa shape index (κ3) is 3.53. The molecule has 1 heterocycles. The second-order valence-electron chi connectivity index (χ2n) is 6.28. The van der Waals surface area contributed by atoms with Crippen LogP contribution in [0.1, 0.15) is 40.0 Å². The molecular weight excluding hydrogens is 278 g/mol. The zero-order valence-corrected chi connectivity index (χ0v) is 13.5. The summed E-state index contributed by atoms with van der Waals surface area (Å²) in [6.07, 6.45) is 2.02. The van der Waals surface area contributed by atoms with Crippen LogP contribution < -0.4 is 5.32 Å². The summed E-state index contributed by atoms with van der Waals surface area (Å²) in [5, 5.41) is 2.92. The van der Waals surface area contributed by atoms with E-state index in [1.54, 1.807) is 0 Å². The third-order valence-corrected chi connectivity index (χ3v) is 6.65. The Morgan fingerprint density at radius 2 is 1.95 bits per heavy atom. The van der Waals surface area contributed by atoms with Crippen LogP contribution in [0.5, 0.6) is 0 Å². The van der Waals surface area contributed by atoms with Crippen molar-refractivity contribution in [2.45, 2.75) is 57.1 Å². The Bertz CT molecular complexity index is 415. The Labute approximate surface area is 122 Å². The van der Waals surface area contributed by atoms with Gasteiger partial charge >= 0.3 is 0 Å². The maximum atomic E-state index is 12.7. The first kappa shape index (κ1) is 16.2. The van der Waals surface area contributed by atoms with E-state index in [-0.39, 0.29) is 17.7 Å². The van der Waals surface area contributed by atoms with Crippen molar-refractivity contribution in [3.05, 3.63) is 0 Å². The largest absolute Gasteiger partial charge is 0.347 e. The van der Waals surface area contributed by atoms with Gasteiger partial charge in [-0.3, -0.25) is 0 Å². The molecule has 2 unspecified atom stereocenters. The monoisotopic (exact) mass is 305 g/mol. The van der Waals surface area contributed by atoms with Crippen LogP contribution in [0.15, 0.2) is 0 Å². The second-order valence-corrected chi connectivity index (χ2v) is 8.54. The lowest BCUT2D eigenvalue weighted by Crippen LogP contribution is -2.54. The Morgan fingerprint density at radius 1 is 1.30 bits per heavy atom. The van der Waals surface area contributed by atoms with E-state index in [1.807, 2.05) is 20.8 Å². The van der Waals surface area contributed by atoms with E-state index in [2.05, 4.69) is 5.32 Å². The van der Waals surface area contributed by atoms with Crippen LogP contribution in [0, 0.1) is 5.92 Å². The maximum absolute atomic E-state index is 12.7. The molecule has 5 nitrogen and oxygen atoms in total. The van der Waals surface area contributed by atoms with E-state index >= 15 is 0 Å². The van der Waals surface area contributed by atoms with Gasteiger partial charge in [-0.25, -0.2) is 8.42 Å².